The minimum Gasteiger partial charge on any atom is -0.346 e. The van der Waals surface area contributed by atoms with E-state index in [9.17, 15) is 8.78 Å². The lowest BCUT2D eigenvalue weighted by atomic mass is 10.0. The number of hydrogen-bond acceptors (Lipinski definition) is 6. The molecule has 2 aromatic heterocycles. The lowest BCUT2D eigenvalue weighted by Crippen LogP contribution is -2.39. The van der Waals surface area contributed by atoms with Crippen LogP contribution in [0.5, 0.6) is 0 Å². The van der Waals surface area contributed by atoms with Gasteiger partial charge in [-0.1, -0.05) is 42.1 Å². The van der Waals surface area contributed by atoms with Crippen LogP contribution in [0.3, 0.4) is 0 Å². The standard InChI is InChI=1S/C23H20F2N6S/c24-17-7-8-19(25)18(13-17)21-30-31(22-28-14-15-9-12-27-20(15)29-22)23(32-21,10-4-11-26)16-5-2-1-3-6-16/h1-3,5-9,12-14H,4,10-11,26H2,(H,27,28,29). The normalized spacial score (nSPS) is 18.3. The molecule has 5 rings (SSSR count). The minimum absolute atomic E-state index is 0.103. The van der Waals surface area contributed by atoms with Gasteiger partial charge in [-0.25, -0.2) is 18.8 Å². The zero-order valence-electron chi connectivity index (χ0n) is 17.0. The first-order valence-corrected chi connectivity index (χ1v) is 11.0. The van der Waals surface area contributed by atoms with Crippen LogP contribution in [0.1, 0.15) is 24.0 Å². The number of fused-ring (bicyclic) bond motifs is 1. The van der Waals surface area contributed by atoms with Crippen molar-refractivity contribution in [3.8, 4) is 0 Å². The van der Waals surface area contributed by atoms with Gasteiger partial charge in [0.15, 0.2) is 0 Å². The van der Waals surface area contributed by atoms with E-state index in [1.807, 2.05) is 36.4 Å². The topological polar surface area (TPSA) is 83.2 Å². The van der Waals surface area contributed by atoms with Gasteiger partial charge in [-0.15, -0.1) is 0 Å². The largest absolute Gasteiger partial charge is 0.346 e. The van der Waals surface area contributed by atoms with Crippen LogP contribution in [0, 0.1) is 11.6 Å². The van der Waals surface area contributed by atoms with Gasteiger partial charge in [0.2, 0.25) is 5.95 Å². The summed E-state index contributed by atoms with van der Waals surface area (Å²) in [5.41, 5.74) is 7.59. The number of benzene rings is 2. The molecule has 3 heterocycles. The van der Waals surface area contributed by atoms with Gasteiger partial charge in [0, 0.05) is 23.3 Å². The summed E-state index contributed by atoms with van der Waals surface area (Å²) in [4.78, 5) is 11.5. The highest BCUT2D eigenvalue weighted by Gasteiger charge is 2.47. The summed E-state index contributed by atoms with van der Waals surface area (Å²) in [5, 5.41) is 7.67. The monoisotopic (exact) mass is 450 g/mol. The van der Waals surface area contributed by atoms with Crippen LogP contribution in [-0.2, 0) is 4.87 Å². The van der Waals surface area contributed by atoms with Gasteiger partial charge in [0.05, 0.1) is 0 Å². The highest BCUT2D eigenvalue weighted by atomic mass is 32.2. The first kappa shape index (κ1) is 20.6. The summed E-state index contributed by atoms with van der Waals surface area (Å²) >= 11 is 1.36. The Bertz CT molecular complexity index is 1290. The molecule has 1 unspecified atom stereocenters. The molecule has 1 atom stereocenters. The minimum atomic E-state index is -0.769. The highest BCUT2D eigenvalue weighted by Crippen LogP contribution is 2.51. The van der Waals surface area contributed by atoms with Crippen LogP contribution in [-0.4, -0.2) is 26.5 Å². The average Bonchev–Trinajstić information content (AvgIpc) is 3.45. The molecule has 9 heteroatoms. The number of rotatable bonds is 6. The molecule has 0 radical (unpaired) electrons. The molecule has 32 heavy (non-hydrogen) atoms. The SMILES string of the molecule is NCCCC1(c2ccccc2)SC(c2cc(F)ccc2F)=NN1c1ncc2cc[nH]c2n1. The highest BCUT2D eigenvalue weighted by molar-refractivity contribution is 8.15. The van der Waals surface area contributed by atoms with Gasteiger partial charge in [0.1, 0.15) is 27.2 Å². The maximum atomic E-state index is 14.7. The third-order valence-electron chi connectivity index (χ3n) is 5.38. The molecule has 3 N–H and O–H groups in total. The number of nitrogens with zero attached hydrogens (tertiary/aromatic N) is 4. The lowest BCUT2D eigenvalue weighted by molar-refractivity contribution is 0.519. The molecule has 2 aromatic carbocycles. The van der Waals surface area contributed by atoms with E-state index in [2.05, 4.69) is 15.0 Å². The Hall–Kier alpha value is -3.30. The van der Waals surface area contributed by atoms with E-state index in [1.54, 1.807) is 17.4 Å². The van der Waals surface area contributed by atoms with Crippen LogP contribution in [0.2, 0.25) is 0 Å². The van der Waals surface area contributed by atoms with Crippen molar-refractivity contribution in [2.75, 3.05) is 11.6 Å². The fourth-order valence-corrected chi connectivity index (χ4v) is 5.24. The van der Waals surface area contributed by atoms with Crippen molar-refractivity contribution < 1.29 is 8.78 Å². The molecule has 162 valence electrons. The summed E-state index contributed by atoms with van der Waals surface area (Å²) in [6, 6.07) is 15.0. The van der Waals surface area contributed by atoms with Crippen molar-refractivity contribution in [3.63, 3.8) is 0 Å². The summed E-state index contributed by atoms with van der Waals surface area (Å²) in [7, 11) is 0. The molecule has 0 aliphatic carbocycles. The van der Waals surface area contributed by atoms with Crippen molar-refractivity contribution in [1.82, 2.24) is 15.0 Å². The maximum absolute atomic E-state index is 14.7. The quantitative estimate of drug-likeness (QED) is 0.443. The second kappa shape index (κ2) is 8.33. The second-order valence-electron chi connectivity index (χ2n) is 7.44. The molecule has 0 saturated carbocycles. The number of hydrogen-bond donors (Lipinski definition) is 2. The van der Waals surface area contributed by atoms with Gasteiger partial charge >= 0.3 is 0 Å². The molecule has 6 nitrogen and oxygen atoms in total. The molecule has 0 saturated heterocycles. The zero-order chi connectivity index (χ0) is 22.1. The van der Waals surface area contributed by atoms with E-state index in [-0.39, 0.29) is 5.56 Å². The average molecular weight is 451 g/mol. The molecule has 0 amide bonds. The van der Waals surface area contributed by atoms with E-state index in [1.165, 1.54) is 17.8 Å². The Balaban J connectivity index is 1.70. The smallest absolute Gasteiger partial charge is 0.249 e. The van der Waals surface area contributed by atoms with Crippen LogP contribution in [0.15, 0.2) is 72.1 Å². The second-order valence-corrected chi connectivity index (χ2v) is 8.70. The third-order valence-corrected chi connectivity index (χ3v) is 6.82. The number of nitrogens with one attached hydrogen (secondary N) is 1. The Morgan fingerprint density at radius 2 is 1.94 bits per heavy atom. The number of halogens is 2. The van der Waals surface area contributed by atoms with Gasteiger partial charge < -0.3 is 10.7 Å². The Morgan fingerprint density at radius 1 is 1.09 bits per heavy atom. The van der Waals surface area contributed by atoms with Crippen LogP contribution >= 0.6 is 11.8 Å². The predicted octanol–water partition coefficient (Wildman–Crippen LogP) is 4.74. The number of aromatic amines is 1. The zero-order valence-corrected chi connectivity index (χ0v) is 17.8. The summed E-state index contributed by atoms with van der Waals surface area (Å²) < 4.78 is 28.7. The van der Waals surface area contributed by atoms with E-state index in [4.69, 9.17) is 10.8 Å². The van der Waals surface area contributed by atoms with Crippen molar-refractivity contribution in [2.45, 2.75) is 17.7 Å². The first-order chi connectivity index (χ1) is 15.6. The molecule has 0 bridgehead atoms. The fraction of sp³-hybridized carbons (Fsp3) is 0.174. The Morgan fingerprint density at radius 3 is 2.75 bits per heavy atom. The predicted molar refractivity (Wildman–Crippen MR) is 123 cm³/mol. The van der Waals surface area contributed by atoms with Gasteiger partial charge in [-0.2, -0.15) is 10.1 Å². The van der Waals surface area contributed by atoms with E-state index in [0.29, 0.717) is 36.0 Å². The van der Waals surface area contributed by atoms with Crippen molar-refractivity contribution in [2.24, 2.45) is 10.8 Å². The summed E-state index contributed by atoms with van der Waals surface area (Å²) in [6.07, 6.45) is 4.80. The number of H-pyrrole nitrogens is 1. The fourth-order valence-electron chi connectivity index (χ4n) is 3.83. The third kappa shape index (κ3) is 3.53. The van der Waals surface area contributed by atoms with Crippen molar-refractivity contribution in [3.05, 3.63) is 89.8 Å². The van der Waals surface area contributed by atoms with Crippen molar-refractivity contribution >= 4 is 33.8 Å². The van der Waals surface area contributed by atoms with Gasteiger partial charge in [-0.3, -0.25) is 0 Å². The van der Waals surface area contributed by atoms with E-state index < -0.39 is 16.5 Å². The Kier molecular flexibility index (Phi) is 5.36. The van der Waals surface area contributed by atoms with Crippen molar-refractivity contribution in [1.29, 1.82) is 0 Å². The number of thioether (sulfide) groups is 1. The molecule has 0 spiro atoms. The molecule has 1 aliphatic heterocycles. The Labute approximate surface area is 187 Å². The van der Waals surface area contributed by atoms with Gasteiger partial charge in [0.25, 0.3) is 0 Å². The van der Waals surface area contributed by atoms with Crippen LogP contribution in [0.4, 0.5) is 14.7 Å². The van der Waals surface area contributed by atoms with Crippen LogP contribution in [0.25, 0.3) is 11.0 Å². The van der Waals surface area contributed by atoms with E-state index in [0.717, 1.165) is 23.1 Å². The molecular formula is C23H20F2N6S. The summed E-state index contributed by atoms with van der Waals surface area (Å²) in [5.74, 6) is -0.708. The summed E-state index contributed by atoms with van der Waals surface area (Å²) in [6.45, 7) is 0.475. The molecule has 4 aromatic rings. The first-order valence-electron chi connectivity index (χ1n) is 10.2. The van der Waals surface area contributed by atoms with E-state index >= 15 is 0 Å². The molecule has 0 fully saturated rings. The number of anilines is 1. The lowest BCUT2D eigenvalue weighted by Gasteiger charge is -2.35. The number of hydrazone groups is 1. The molecular weight excluding hydrogens is 430 g/mol. The maximum Gasteiger partial charge on any atom is 0.249 e. The molecule has 1 aliphatic rings. The van der Waals surface area contributed by atoms with Crippen LogP contribution < -0.4 is 10.7 Å². The van der Waals surface area contributed by atoms with Gasteiger partial charge in [-0.05, 0) is 49.2 Å². The number of aromatic nitrogens is 3. The number of nitrogens with two attached hydrogens (primary N) is 1.